The standard InChI is InChI=1S/C17H20ClN/c1-11-5-6-12(2)15(9-11)17(19-4)16-10-14(18)8-7-13(16)3/h5-10,17,19H,1-4H3. The van der Waals surface area contributed by atoms with Crippen molar-refractivity contribution in [2.45, 2.75) is 26.8 Å². The molecular formula is C17H20ClN. The van der Waals surface area contributed by atoms with Crippen LogP contribution in [0.25, 0.3) is 0 Å². The summed E-state index contributed by atoms with van der Waals surface area (Å²) in [6.07, 6.45) is 0. The lowest BCUT2D eigenvalue weighted by Crippen LogP contribution is -2.19. The topological polar surface area (TPSA) is 12.0 Å². The molecule has 19 heavy (non-hydrogen) atoms. The number of benzene rings is 2. The number of hydrogen-bond donors (Lipinski definition) is 1. The van der Waals surface area contributed by atoms with Gasteiger partial charge in [0.15, 0.2) is 0 Å². The zero-order valence-corrected chi connectivity index (χ0v) is 12.7. The lowest BCUT2D eigenvalue weighted by molar-refractivity contribution is 0.683. The van der Waals surface area contributed by atoms with Crippen molar-refractivity contribution in [3.8, 4) is 0 Å². The molecule has 0 bridgehead atoms. The van der Waals surface area contributed by atoms with Gasteiger partial charge in [0.05, 0.1) is 6.04 Å². The molecule has 2 aromatic rings. The first-order valence-corrected chi connectivity index (χ1v) is 6.91. The van der Waals surface area contributed by atoms with Crippen LogP contribution in [0.4, 0.5) is 0 Å². The summed E-state index contributed by atoms with van der Waals surface area (Å²) < 4.78 is 0. The van der Waals surface area contributed by atoms with Crippen molar-refractivity contribution >= 4 is 11.6 Å². The average Bonchev–Trinajstić information content (AvgIpc) is 2.38. The predicted octanol–water partition coefficient (Wildman–Crippen LogP) is 4.57. The van der Waals surface area contributed by atoms with Crippen molar-refractivity contribution in [2.75, 3.05) is 7.05 Å². The fourth-order valence-electron chi connectivity index (χ4n) is 2.47. The summed E-state index contributed by atoms with van der Waals surface area (Å²) in [7, 11) is 1.99. The highest BCUT2D eigenvalue weighted by atomic mass is 35.5. The molecule has 0 saturated carbocycles. The minimum Gasteiger partial charge on any atom is -0.309 e. The molecule has 0 saturated heterocycles. The molecule has 1 atom stereocenters. The Morgan fingerprint density at radius 2 is 1.47 bits per heavy atom. The molecule has 0 aromatic heterocycles. The smallest absolute Gasteiger partial charge is 0.0580 e. The predicted molar refractivity (Wildman–Crippen MR) is 83.0 cm³/mol. The van der Waals surface area contributed by atoms with E-state index in [1.807, 2.05) is 13.1 Å². The van der Waals surface area contributed by atoms with Crippen molar-refractivity contribution in [3.05, 3.63) is 69.2 Å². The second-order valence-corrected chi connectivity index (χ2v) is 5.52. The van der Waals surface area contributed by atoms with Crippen LogP contribution >= 0.6 is 11.6 Å². The van der Waals surface area contributed by atoms with Gasteiger partial charge in [-0.15, -0.1) is 0 Å². The Morgan fingerprint density at radius 1 is 0.895 bits per heavy atom. The van der Waals surface area contributed by atoms with E-state index in [2.05, 4.69) is 56.4 Å². The summed E-state index contributed by atoms with van der Waals surface area (Å²) in [6, 6.07) is 12.8. The SMILES string of the molecule is CNC(c1cc(C)ccc1C)c1cc(Cl)ccc1C. The highest BCUT2D eigenvalue weighted by Crippen LogP contribution is 2.29. The van der Waals surface area contributed by atoms with Gasteiger partial charge in [0.25, 0.3) is 0 Å². The number of aryl methyl sites for hydroxylation is 3. The van der Waals surface area contributed by atoms with E-state index >= 15 is 0 Å². The maximum atomic E-state index is 6.15. The van der Waals surface area contributed by atoms with Gasteiger partial charge in [0.1, 0.15) is 0 Å². The Morgan fingerprint density at radius 3 is 2.11 bits per heavy atom. The van der Waals surface area contributed by atoms with Crippen LogP contribution in [-0.4, -0.2) is 7.05 Å². The maximum Gasteiger partial charge on any atom is 0.0580 e. The monoisotopic (exact) mass is 273 g/mol. The Kier molecular flexibility index (Phi) is 4.28. The summed E-state index contributed by atoms with van der Waals surface area (Å²) in [4.78, 5) is 0. The molecule has 2 rings (SSSR count). The molecule has 1 nitrogen and oxygen atoms in total. The first-order valence-electron chi connectivity index (χ1n) is 6.53. The van der Waals surface area contributed by atoms with Crippen molar-refractivity contribution in [1.82, 2.24) is 5.32 Å². The highest BCUT2D eigenvalue weighted by molar-refractivity contribution is 6.30. The molecule has 0 spiro atoms. The summed E-state index contributed by atoms with van der Waals surface area (Å²) in [5, 5.41) is 4.20. The van der Waals surface area contributed by atoms with Gasteiger partial charge >= 0.3 is 0 Å². The second-order valence-electron chi connectivity index (χ2n) is 5.08. The lowest BCUT2D eigenvalue weighted by Gasteiger charge is -2.22. The molecule has 100 valence electrons. The van der Waals surface area contributed by atoms with Gasteiger partial charge in [0, 0.05) is 5.02 Å². The fourth-order valence-corrected chi connectivity index (χ4v) is 2.65. The van der Waals surface area contributed by atoms with E-state index in [1.165, 1.54) is 27.8 Å². The highest BCUT2D eigenvalue weighted by Gasteiger charge is 2.16. The molecule has 0 amide bonds. The van der Waals surface area contributed by atoms with Crippen LogP contribution in [-0.2, 0) is 0 Å². The molecule has 0 fully saturated rings. The van der Waals surface area contributed by atoms with Gasteiger partial charge in [-0.2, -0.15) is 0 Å². The van der Waals surface area contributed by atoms with Gasteiger partial charge in [-0.05, 0) is 62.2 Å². The van der Waals surface area contributed by atoms with Crippen LogP contribution in [0.2, 0.25) is 5.02 Å². The summed E-state index contributed by atoms with van der Waals surface area (Å²) in [6.45, 7) is 6.40. The van der Waals surface area contributed by atoms with Crippen LogP contribution in [0.1, 0.15) is 33.9 Å². The second kappa shape index (κ2) is 5.77. The third-order valence-electron chi connectivity index (χ3n) is 3.59. The van der Waals surface area contributed by atoms with Gasteiger partial charge in [-0.25, -0.2) is 0 Å². The maximum absolute atomic E-state index is 6.15. The normalized spacial score (nSPS) is 12.5. The van der Waals surface area contributed by atoms with Gasteiger partial charge in [0.2, 0.25) is 0 Å². The Bertz CT molecular complexity index is 538. The van der Waals surface area contributed by atoms with E-state index in [1.54, 1.807) is 0 Å². The minimum atomic E-state index is 0.179. The molecule has 2 aromatic carbocycles. The Labute approximate surface area is 120 Å². The number of rotatable bonds is 3. The van der Waals surface area contributed by atoms with Crippen LogP contribution in [0, 0.1) is 20.8 Å². The van der Waals surface area contributed by atoms with Crippen molar-refractivity contribution in [3.63, 3.8) is 0 Å². The largest absolute Gasteiger partial charge is 0.309 e. The van der Waals surface area contributed by atoms with E-state index in [4.69, 9.17) is 11.6 Å². The quantitative estimate of drug-likeness (QED) is 0.863. The van der Waals surface area contributed by atoms with Crippen LogP contribution in [0.3, 0.4) is 0 Å². The number of nitrogens with one attached hydrogen (secondary N) is 1. The first kappa shape index (κ1) is 14.1. The third-order valence-corrected chi connectivity index (χ3v) is 3.82. The Balaban J connectivity index is 2.55. The van der Waals surface area contributed by atoms with Crippen molar-refractivity contribution in [2.24, 2.45) is 0 Å². The molecule has 0 aliphatic heterocycles. The van der Waals surface area contributed by atoms with Gasteiger partial charge in [-0.1, -0.05) is 41.4 Å². The zero-order valence-electron chi connectivity index (χ0n) is 11.9. The van der Waals surface area contributed by atoms with Crippen LogP contribution in [0.15, 0.2) is 36.4 Å². The molecule has 0 radical (unpaired) electrons. The molecule has 0 aliphatic rings. The molecule has 0 heterocycles. The molecule has 2 heteroatoms. The minimum absolute atomic E-state index is 0.179. The van der Waals surface area contributed by atoms with E-state index in [0.717, 1.165) is 5.02 Å². The van der Waals surface area contributed by atoms with Crippen LogP contribution < -0.4 is 5.32 Å². The third kappa shape index (κ3) is 2.99. The van der Waals surface area contributed by atoms with E-state index in [9.17, 15) is 0 Å². The van der Waals surface area contributed by atoms with E-state index in [0.29, 0.717) is 0 Å². The van der Waals surface area contributed by atoms with Gasteiger partial charge < -0.3 is 5.32 Å². The van der Waals surface area contributed by atoms with Crippen LogP contribution in [0.5, 0.6) is 0 Å². The number of halogens is 1. The summed E-state index contributed by atoms with van der Waals surface area (Å²) >= 11 is 6.15. The van der Waals surface area contributed by atoms with Crippen molar-refractivity contribution in [1.29, 1.82) is 0 Å². The van der Waals surface area contributed by atoms with Gasteiger partial charge in [-0.3, -0.25) is 0 Å². The molecule has 1 unspecified atom stereocenters. The average molecular weight is 274 g/mol. The summed E-state index contributed by atoms with van der Waals surface area (Å²) in [5.41, 5.74) is 6.38. The van der Waals surface area contributed by atoms with E-state index < -0.39 is 0 Å². The molecular weight excluding hydrogens is 254 g/mol. The zero-order chi connectivity index (χ0) is 14.0. The van der Waals surface area contributed by atoms with Crippen molar-refractivity contribution < 1.29 is 0 Å². The number of hydrogen-bond acceptors (Lipinski definition) is 1. The first-order chi connectivity index (χ1) is 9.02. The Hall–Kier alpha value is -1.31. The molecule has 1 N–H and O–H groups in total. The fraction of sp³-hybridized carbons (Fsp3) is 0.294. The lowest BCUT2D eigenvalue weighted by atomic mass is 9.91. The molecule has 0 aliphatic carbocycles. The van der Waals surface area contributed by atoms with E-state index in [-0.39, 0.29) is 6.04 Å². The summed E-state index contributed by atoms with van der Waals surface area (Å²) in [5.74, 6) is 0.